The lowest BCUT2D eigenvalue weighted by Gasteiger charge is -2.24. The molecule has 7 nitrogen and oxygen atoms in total. The first-order chi connectivity index (χ1) is 22.3. The number of rotatable bonds is 7. The zero-order chi connectivity index (χ0) is 33.1. The molecule has 3 aromatic heterocycles. The zero-order valence-corrected chi connectivity index (χ0v) is 28.6. The first kappa shape index (κ1) is 31.0. The number of pyridine rings is 1. The number of hydrogen-bond donors (Lipinski definition) is 1. The zero-order valence-electron chi connectivity index (χ0n) is 26.1. The molecule has 0 saturated carbocycles. The van der Waals surface area contributed by atoms with Gasteiger partial charge in [0, 0.05) is 46.1 Å². The van der Waals surface area contributed by atoms with Crippen molar-refractivity contribution in [2.24, 2.45) is 0 Å². The Hall–Kier alpha value is -4.64. The smallest absolute Gasteiger partial charge is 0.175 e. The number of benzene rings is 4. The normalized spacial score (nSPS) is 12.6. The van der Waals surface area contributed by atoms with Crippen molar-refractivity contribution >= 4 is 52.8 Å². The number of aromatic nitrogens is 3. The molecule has 7 rings (SSSR count). The van der Waals surface area contributed by atoms with Gasteiger partial charge >= 0.3 is 0 Å². The quantitative estimate of drug-likeness (QED) is 0.181. The molecule has 1 N–H and O–H groups in total. The van der Waals surface area contributed by atoms with Crippen LogP contribution in [0.25, 0.3) is 65.3 Å². The minimum atomic E-state index is -3.42. The molecule has 0 aliphatic rings. The predicted molar refractivity (Wildman–Crippen MR) is 192 cm³/mol. The van der Waals surface area contributed by atoms with Gasteiger partial charge in [-0.1, -0.05) is 54.6 Å². The van der Waals surface area contributed by atoms with Gasteiger partial charge in [-0.15, -0.1) is 11.3 Å². The molecule has 0 aliphatic heterocycles. The van der Waals surface area contributed by atoms with Crippen LogP contribution in [0.1, 0.15) is 19.4 Å². The minimum Gasteiger partial charge on any atom is -0.353 e. The van der Waals surface area contributed by atoms with Gasteiger partial charge in [0.25, 0.3) is 0 Å². The Morgan fingerprint density at radius 3 is 2.17 bits per heavy atom. The number of fused-ring (bicyclic) bond motifs is 2. The molecular formula is C37H31N3O4S3. The van der Waals surface area contributed by atoms with Gasteiger partial charge in [0.15, 0.2) is 19.7 Å². The van der Waals surface area contributed by atoms with Crippen LogP contribution in [0.5, 0.6) is 0 Å². The molecular weight excluding hydrogens is 647 g/mol. The average Bonchev–Trinajstić information content (AvgIpc) is 3.69. The number of para-hydroxylation sites is 1. The topological polar surface area (TPSA) is 110 Å². The summed E-state index contributed by atoms with van der Waals surface area (Å²) in [6, 6.07) is 32.7. The lowest BCUT2D eigenvalue weighted by Crippen LogP contribution is -2.28. The monoisotopic (exact) mass is 677 g/mol. The van der Waals surface area contributed by atoms with Crippen LogP contribution in [0.3, 0.4) is 0 Å². The maximum atomic E-state index is 12.8. The molecule has 0 saturated heterocycles. The highest BCUT2D eigenvalue weighted by atomic mass is 32.2. The van der Waals surface area contributed by atoms with E-state index >= 15 is 0 Å². The first-order valence-corrected chi connectivity index (χ1v) is 19.5. The molecule has 3 heterocycles. The van der Waals surface area contributed by atoms with E-state index in [4.69, 9.17) is 9.97 Å². The Morgan fingerprint density at radius 1 is 0.723 bits per heavy atom. The van der Waals surface area contributed by atoms with E-state index in [1.165, 1.54) is 12.5 Å². The van der Waals surface area contributed by atoms with Crippen molar-refractivity contribution in [3.63, 3.8) is 0 Å². The third kappa shape index (κ3) is 5.66. The van der Waals surface area contributed by atoms with E-state index < -0.39 is 24.4 Å². The van der Waals surface area contributed by atoms with Crippen molar-refractivity contribution in [3.8, 4) is 43.5 Å². The molecule has 0 amide bonds. The second-order valence-electron chi connectivity index (χ2n) is 12.2. The number of sulfone groups is 2. The molecule has 47 heavy (non-hydrogen) atoms. The third-order valence-electron chi connectivity index (χ3n) is 8.71. The van der Waals surface area contributed by atoms with Gasteiger partial charge < -0.3 is 4.98 Å². The standard InChI is InChI=1S/C37H31N3O4S3/c1-37(2,47(4,43)44)28-20-26-12-8-18-38-33(26)30(22-28)24-10-7-11-27(19-24)35-34(23-14-16-29(17-15-23)46(3,41)42)40-36(45-35)32-21-25-9-5-6-13-31(25)39-32/h5-22,39H,1-4H3. The number of H-pyrrole nitrogens is 1. The fourth-order valence-electron chi connectivity index (χ4n) is 5.68. The lowest BCUT2D eigenvalue weighted by molar-refractivity contribution is 0.561. The van der Waals surface area contributed by atoms with Gasteiger partial charge in [0.05, 0.1) is 31.4 Å². The van der Waals surface area contributed by atoms with Crippen LogP contribution in [-0.2, 0) is 24.4 Å². The molecule has 4 aromatic carbocycles. The van der Waals surface area contributed by atoms with Crippen LogP contribution >= 0.6 is 11.3 Å². The summed E-state index contributed by atoms with van der Waals surface area (Å²) in [5.74, 6) is 0. The Morgan fingerprint density at radius 2 is 1.45 bits per heavy atom. The molecule has 0 bridgehead atoms. The third-order valence-corrected chi connectivity index (χ3v) is 13.1. The van der Waals surface area contributed by atoms with Crippen molar-refractivity contribution < 1.29 is 16.8 Å². The van der Waals surface area contributed by atoms with Gasteiger partial charge in [-0.2, -0.15) is 0 Å². The molecule has 0 radical (unpaired) electrons. The second-order valence-corrected chi connectivity index (χ2v) is 17.8. The molecule has 236 valence electrons. The summed E-state index contributed by atoms with van der Waals surface area (Å²) in [5.41, 5.74) is 7.52. The van der Waals surface area contributed by atoms with Crippen molar-refractivity contribution in [2.45, 2.75) is 23.5 Å². The van der Waals surface area contributed by atoms with E-state index in [9.17, 15) is 16.8 Å². The highest BCUT2D eigenvalue weighted by Crippen LogP contribution is 2.43. The van der Waals surface area contributed by atoms with E-state index in [1.54, 1.807) is 55.6 Å². The second kappa shape index (κ2) is 11.3. The maximum absolute atomic E-state index is 12.8. The summed E-state index contributed by atoms with van der Waals surface area (Å²) >= 11 is 1.55. The maximum Gasteiger partial charge on any atom is 0.175 e. The van der Waals surface area contributed by atoms with Crippen molar-refractivity contribution in [2.75, 3.05) is 12.5 Å². The molecule has 0 spiro atoms. The number of aromatic amines is 1. The van der Waals surface area contributed by atoms with Crippen LogP contribution in [0, 0.1) is 0 Å². The molecule has 7 aromatic rings. The number of hydrogen-bond acceptors (Lipinski definition) is 7. The highest BCUT2D eigenvalue weighted by Gasteiger charge is 2.33. The average molecular weight is 678 g/mol. The highest BCUT2D eigenvalue weighted by molar-refractivity contribution is 7.91. The van der Waals surface area contributed by atoms with Gasteiger partial charge in [-0.05, 0) is 79.1 Å². The summed E-state index contributed by atoms with van der Waals surface area (Å²) in [5, 5.41) is 2.73. The minimum absolute atomic E-state index is 0.243. The summed E-state index contributed by atoms with van der Waals surface area (Å²) < 4.78 is 49.0. The SMILES string of the molecule is CC(C)(c1cc(-c2cccc(-c3sc(-c4cc5ccccc5[nH]4)nc3-c3ccc(S(C)(=O)=O)cc3)c2)c2ncccc2c1)S(C)(=O)=O. The molecule has 10 heteroatoms. The van der Waals surface area contributed by atoms with E-state index in [2.05, 4.69) is 23.2 Å². The number of thiazole rings is 1. The fourth-order valence-corrected chi connectivity index (χ4v) is 7.91. The first-order valence-electron chi connectivity index (χ1n) is 14.9. The molecule has 0 atom stereocenters. The summed E-state index contributed by atoms with van der Waals surface area (Å²) in [6.45, 7) is 3.45. The Labute approximate surface area is 277 Å². The van der Waals surface area contributed by atoms with E-state index in [-0.39, 0.29) is 4.90 Å². The predicted octanol–water partition coefficient (Wildman–Crippen LogP) is 8.52. The van der Waals surface area contributed by atoms with Gasteiger partial charge in [-0.25, -0.2) is 21.8 Å². The van der Waals surface area contributed by atoms with Crippen molar-refractivity contribution in [3.05, 3.63) is 115 Å². The van der Waals surface area contributed by atoms with Crippen LogP contribution in [0.15, 0.2) is 114 Å². The molecule has 0 fully saturated rings. The Balaban J connectivity index is 1.42. The lowest BCUT2D eigenvalue weighted by atomic mass is 9.92. The fraction of sp³-hybridized carbons (Fsp3) is 0.135. The Kier molecular flexibility index (Phi) is 7.42. The summed E-state index contributed by atoms with van der Waals surface area (Å²) in [6.07, 6.45) is 4.20. The van der Waals surface area contributed by atoms with Crippen LogP contribution < -0.4 is 0 Å². The van der Waals surface area contributed by atoms with E-state index in [1.807, 2.05) is 60.7 Å². The molecule has 0 aliphatic carbocycles. The largest absolute Gasteiger partial charge is 0.353 e. The van der Waals surface area contributed by atoms with Gasteiger partial charge in [0.2, 0.25) is 0 Å². The van der Waals surface area contributed by atoms with Crippen molar-refractivity contribution in [1.82, 2.24) is 15.0 Å². The summed E-state index contributed by atoms with van der Waals surface area (Å²) in [7, 11) is -6.78. The molecule has 0 unspecified atom stereocenters. The Bertz CT molecular complexity index is 2520. The van der Waals surface area contributed by atoms with Crippen molar-refractivity contribution in [1.29, 1.82) is 0 Å². The van der Waals surface area contributed by atoms with Gasteiger partial charge in [-0.3, -0.25) is 4.98 Å². The van der Waals surface area contributed by atoms with Gasteiger partial charge in [0.1, 0.15) is 5.01 Å². The van der Waals surface area contributed by atoms with Crippen LogP contribution in [-0.4, -0.2) is 44.3 Å². The van der Waals surface area contributed by atoms with Crippen LogP contribution in [0.2, 0.25) is 0 Å². The van der Waals surface area contributed by atoms with Crippen LogP contribution in [0.4, 0.5) is 0 Å². The number of nitrogens with zero attached hydrogens (tertiary/aromatic N) is 2. The number of nitrogens with one attached hydrogen (secondary N) is 1. The van der Waals surface area contributed by atoms with E-state index in [0.717, 1.165) is 65.3 Å². The van der Waals surface area contributed by atoms with E-state index in [0.29, 0.717) is 5.56 Å². The summed E-state index contributed by atoms with van der Waals surface area (Å²) in [4.78, 5) is 14.4.